The number of ether oxygens (including phenoxy) is 1. The lowest BCUT2D eigenvalue weighted by atomic mass is 9.69. The third-order valence-corrected chi connectivity index (χ3v) is 6.00. The van der Waals surface area contributed by atoms with Crippen LogP contribution in [0.1, 0.15) is 60.6 Å². The Labute approximate surface area is 178 Å². The van der Waals surface area contributed by atoms with Crippen LogP contribution in [0.25, 0.3) is 0 Å². The van der Waals surface area contributed by atoms with Crippen molar-refractivity contribution >= 4 is 11.7 Å². The van der Waals surface area contributed by atoms with Gasteiger partial charge < -0.3 is 9.64 Å². The van der Waals surface area contributed by atoms with Crippen LogP contribution in [0, 0.1) is 15.5 Å². The lowest BCUT2D eigenvalue weighted by Crippen LogP contribution is -3.07. The highest BCUT2D eigenvalue weighted by Crippen LogP contribution is 2.43. The molecule has 0 saturated heterocycles. The Balaban J connectivity index is 1.83. The molecule has 0 aromatic heterocycles. The maximum Gasteiger partial charge on any atom is 0.338 e. The first-order valence-corrected chi connectivity index (χ1v) is 10.7. The maximum atomic E-state index is 12.9. The number of hydrogen-bond acceptors (Lipinski definition) is 4. The molecule has 30 heavy (non-hydrogen) atoms. The lowest BCUT2D eigenvalue weighted by molar-refractivity contribution is -0.866. The zero-order chi connectivity index (χ0) is 21.6. The summed E-state index contributed by atoms with van der Waals surface area (Å²) in [4.78, 5) is 24.7. The lowest BCUT2D eigenvalue weighted by Gasteiger charge is -2.39. The second-order valence-corrected chi connectivity index (χ2v) is 8.76. The second-order valence-electron chi connectivity index (χ2n) is 8.76. The number of benzene rings is 2. The zero-order valence-corrected chi connectivity index (χ0v) is 17.8. The standard InChI is InChI=1S/C24H30N2O4/c1-25(2)18-24(15-7-4-8-16-24)17-22(19-9-5-3-6-10-19)30-23(27)20-11-13-21(14-12-20)26(28)29/h3,5-6,9-14,22H,4,7-8,15-18H2,1-2H3/p+1/t22-/m1/s1. The fourth-order valence-electron chi connectivity index (χ4n) is 4.71. The van der Waals surface area contributed by atoms with Gasteiger partial charge in [0.05, 0.1) is 31.1 Å². The van der Waals surface area contributed by atoms with Gasteiger partial charge in [0.15, 0.2) is 0 Å². The molecule has 2 aromatic carbocycles. The van der Waals surface area contributed by atoms with Crippen LogP contribution in [0.2, 0.25) is 0 Å². The number of nitro groups is 1. The van der Waals surface area contributed by atoms with Gasteiger partial charge in [0.25, 0.3) is 5.69 Å². The van der Waals surface area contributed by atoms with Gasteiger partial charge in [-0.1, -0.05) is 49.6 Å². The highest BCUT2D eigenvalue weighted by molar-refractivity contribution is 5.89. The summed E-state index contributed by atoms with van der Waals surface area (Å²) in [6, 6.07) is 15.5. The highest BCUT2D eigenvalue weighted by atomic mass is 16.6. The summed E-state index contributed by atoms with van der Waals surface area (Å²) in [5, 5.41) is 10.9. The maximum absolute atomic E-state index is 12.9. The first-order chi connectivity index (χ1) is 14.4. The van der Waals surface area contributed by atoms with E-state index in [1.165, 1.54) is 48.4 Å². The number of carbonyl (C=O) groups is 1. The summed E-state index contributed by atoms with van der Waals surface area (Å²) >= 11 is 0. The Morgan fingerprint density at radius 2 is 1.70 bits per heavy atom. The summed E-state index contributed by atoms with van der Waals surface area (Å²) < 4.78 is 6.01. The SMILES string of the molecule is C[NH+](C)CC1(C[C@@H](OC(=O)c2ccc([N+](=O)[O-])cc2)c2ccccc2)CCCCC1. The molecule has 0 aliphatic heterocycles. The molecule has 0 bridgehead atoms. The first kappa shape index (κ1) is 22.0. The minimum Gasteiger partial charge on any atom is -0.454 e. The smallest absolute Gasteiger partial charge is 0.338 e. The molecule has 1 saturated carbocycles. The predicted octanol–water partition coefficient (Wildman–Crippen LogP) is 3.98. The molecule has 6 nitrogen and oxygen atoms in total. The van der Waals surface area contributed by atoms with E-state index in [2.05, 4.69) is 14.1 Å². The quantitative estimate of drug-likeness (QED) is 0.405. The van der Waals surface area contributed by atoms with Crippen molar-refractivity contribution in [3.63, 3.8) is 0 Å². The number of hydrogen-bond donors (Lipinski definition) is 1. The molecule has 1 atom stereocenters. The van der Waals surface area contributed by atoms with Gasteiger partial charge in [-0.3, -0.25) is 10.1 Å². The number of nitrogens with zero attached hydrogens (tertiary/aromatic N) is 1. The molecule has 0 heterocycles. The Morgan fingerprint density at radius 3 is 2.27 bits per heavy atom. The minimum atomic E-state index is -0.474. The normalized spacial score (nSPS) is 16.8. The Bertz CT molecular complexity index is 843. The van der Waals surface area contributed by atoms with Crippen molar-refractivity contribution in [3.8, 4) is 0 Å². The topological polar surface area (TPSA) is 73.9 Å². The molecule has 1 aliphatic rings. The third-order valence-electron chi connectivity index (χ3n) is 6.00. The largest absolute Gasteiger partial charge is 0.454 e. The summed E-state index contributed by atoms with van der Waals surface area (Å²) in [6.45, 7) is 1.05. The van der Waals surface area contributed by atoms with Crippen molar-refractivity contribution in [3.05, 3.63) is 75.8 Å². The fraction of sp³-hybridized carbons (Fsp3) is 0.458. The molecular formula is C24H31N2O4+. The van der Waals surface area contributed by atoms with Gasteiger partial charge in [0.1, 0.15) is 6.10 Å². The van der Waals surface area contributed by atoms with Gasteiger partial charge in [-0.2, -0.15) is 0 Å². The molecule has 0 unspecified atom stereocenters. The third kappa shape index (κ3) is 5.66. The molecule has 0 spiro atoms. The number of nitrogens with one attached hydrogen (secondary N) is 1. The van der Waals surface area contributed by atoms with Crippen molar-refractivity contribution in [1.29, 1.82) is 0 Å². The first-order valence-electron chi connectivity index (χ1n) is 10.7. The van der Waals surface area contributed by atoms with Crippen LogP contribution in [0.3, 0.4) is 0 Å². The Hall–Kier alpha value is -2.73. The molecular weight excluding hydrogens is 380 g/mol. The van der Waals surface area contributed by atoms with E-state index in [1.807, 2.05) is 30.3 Å². The minimum absolute atomic E-state index is 0.0405. The molecule has 1 N–H and O–H groups in total. The van der Waals surface area contributed by atoms with Crippen molar-refractivity contribution in [1.82, 2.24) is 0 Å². The molecule has 0 radical (unpaired) electrons. The van der Waals surface area contributed by atoms with E-state index in [1.54, 1.807) is 0 Å². The summed E-state index contributed by atoms with van der Waals surface area (Å²) in [5.74, 6) is -0.443. The average Bonchev–Trinajstić information content (AvgIpc) is 2.74. The van der Waals surface area contributed by atoms with E-state index in [0.717, 1.165) is 31.4 Å². The highest BCUT2D eigenvalue weighted by Gasteiger charge is 2.38. The summed E-state index contributed by atoms with van der Waals surface area (Å²) in [6.07, 6.45) is 6.44. The van der Waals surface area contributed by atoms with Crippen molar-refractivity contribution in [2.24, 2.45) is 5.41 Å². The fourth-order valence-corrected chi connectivity index (χ4v) is 4.71. The number of rotatable bonds is 8. The number of nitro benzene ring substituents is 1. The molecule has 6 heteroatoms. The molecule has 1 aliphatic carbocycles. The number of carbonyl (C=O) groups excluding carboxylic acids is 1. The van der Waals surface area contributed by atoms with Crippen molar-refractivity contribution in [2.45, 2.75) is 44.6 Å². The van der Waals surface area contributed by atoms with E-state index < -0.39 is 10.9 Å². The Morgan fingerprint density at radius 1 is 1.07 bits per heavy atom. The average molecular weight is 412 g/mol. The van der Waals surface area contributed by atoms with E-state index in [0.29, 0.717) is 5.56 Å². The summed E-state index contributed by atoms with van der Waals surface area (Å²) in [5.41, 5.74) is 1.43. The summed E-state index contributed by atoms with van der Waals surface area (Å²) in [7, 11) is 4.35. The van der Waals surface area contributed by atoms with Gasteiger partial charge in [0.2, 0.25) is 0 Å². The molecule has 2 aromatic rings. The van der Waals surface area contributed by atoms with E-state index in [9.17, 15) is 14.9 Å². The van der Waals surface area contributed by atoms with Crippen molar-refractivity contribution in [2.75, 3.05) is 20.6 Å². The second kappa shape index (κ2) is 9.85. The van der Waals surface area contributed by atoms with Crippen LogP contribution in [-0.2, 0) is 4.74 Å². The molecule has 1 fully saturated rings. The Kier molecular flexibility index (Phi) is 7.21. The number of quaternary nitrogens is 1. The molecule has 3 rings (SSSR count). The van der Waals surface area contributed by atoms with Crippen LogP contribution in [-0.4, -0.2) is 31.5 Å². The van der Waals surface area contributed by atoms with Crippen LogP contribution in [0.4, 0.5) is 5.69 Å². The zero-order valence-electron chi connectivity index (χ0n) is 17.8. The molecule has 160 valence electrons. The van der Waals surface area contributed by atoms with E-state index in [-0.39, 0.29) is 17.2 Å². The van der Waals surface area contributed by atoms with Gasteiger partial charge in [-0.25, -0.2) is 4.79 Å². The van der Waals surface area contributed by atoms with Crippen LogP contribution >= 0.6 is 0 Å². The van der Waals surface area contributed by atoms with Crippen LogP contribution in [0.5, 0.6) is 0 Å². The number of non-ortho nitro benzene ring substituents is 1. The molecule has 0 amide bonds. The van der Waals surface area contributed by atoms with Crippen LogP contribution in [0.15, 0.2) is 54.6 Å². The van der Waals surface area contributed by atoms with Crippen LogP contribution < -0.4 is 4.90 Å². The van der Waals surface area contributed by atoms with Gasteiger partial charge in [-0.05, 0) is 37.0 Å². The van der Waals surface area contributed by atoms with Gasteiger partial charge >= 0.3 is 5.97 Å². The van der Waals surface area contributed by atoms with E-state index >= 15 is 0 Å². The van der Waals surface area contributed by atoms with Gasteiger partial charge in [0, 0.05) is 17.5 Å². The monoisotopic (exact) mass is 411 g/mol. The predicted molar refractivity (Wildman–Crippen MR) is 116 cm³/mol. The van der Waals surface area contributed by atoms with E-state index in [4.69, 9.17) is 4.74 Å². The van der Waals surface area contributed by atoms with Gasteiger partial charge in [-0.15, -0.1) is 0 Å². The number of esters is 1. The van der Waals surface area contributed by atoms with Crippen molar-refractivity contribution < 1.29 is 19.4 Å².